The highest BCUT2D eigenvalue weighted by atomic mass is 32.1. The number of aryl methyl sites for hydroxylation is 2. The zero-order valence-corrected chi connectivity index (χ0v) is 20.4. The molecule has 0 aliphatic carbocycles. The maximum atomic E-state index is 13.2. The number of benzene rings is 2. The Morgan fingerprint density at radius 2 is 1.86 bits per heavy atom. The number of rotatable bonds is 6. The molecule has 0 unspecified atom stereocenters. The molecule has 3 heterocycles. The number of nitrogens with zero attached hydrogens (tertiary/aromatic N) is 4. The van der Waals surface area contributed by atoms with E-state index in [9.17, 15) is 14.7 Å². The van der Waals surface area contributed by atoms with E-state index in [0.717, 1.165) is 11.1 Å². The standard InChI is InChI=1S/C27H22N4O4S/c1-16-5-3-6-18(13-16)15-35-21-10-8-19(9-11-21)24(32)22-23(20-7-4-12-28-14-20)31(26(34)25(22)33)27-30-29-17(2)36-27/h3-14,23,32H,15H2,1-2H3/b24-22+/t23-/m1/s1. The van der Waals surface area contributed by atoms with Crippen LogP contribution in [0.25, 0.3) is 5.76 Å². The molecule has 0 spiro atoms. The van der Waals surface area contributed by atoms with Gasteiger partial charge in [-0.2, -0.15) is 0 Å². The zero-order chi connectivity index (χ0) is 25.2. The van der Waals surface area contributed by atoms with Crippen LogP contribution in [0.1, 0.15) is 33.3 Å². The van der Waals surface area contributed by atoms with Crippen LogP contribution in [0, 0.1) is 13.8 Å². The molecule has 1 N–H and O–H groups in total. The first-order chi connectivity index (χ1) is 17.4. The first-order valence-electron chi connectivity index (χ1n) is 11.2. The summed E-state index contributed by atoms with van der Waals surface area (Å²) in [5.74, 6) is -1.24. The zero-order valence-electron chi connectivity index (χ0n) is 19.6. The van der Waals surface area contributed by atoms with Crippen molar-refractivity contribution in [1.29, 1.82) is 0 Å². The maximum Gasteiger partial charge on any atom is 0.301 e. The molecule has 5 rings (SSSR count). The third-order valence-corrected chi connectivity index (χ3v) is 6.62. The molecular weight excluding hydrogens is 476 g/mol. The van der Waals surface area contributed by atoms with Crippen molar-refractivity contribution in [3.63, 3.8) is 0 Å². The van der Waals surface area contributed by atoms with E-state index in [4.69, 9.17) is 4.74 Å². The van der Waals surface area contributed by atoms with Crippen LogP contribution in [0.15, 0.2) is 78.6 Å². The number of amides is 1. The lowest BCUT2D eigenvalue weighted by Gasteiger charge is -2.22. The van der Waals surface area contributed by atoms with Crippen molar-refractivity contribution in [2.24, 2.45) is 0 Å². The Balaban J connectivity index is 1.48. The lowest BCUT2D eigenvalue weighted by molar-refractivity contribution is -0.132. The van der Waals surface area contributed by atoms with Gasteiger partial charge in [0.2, 0.25) is 5.13 Å². The summed E-state index contributed by atoms with van der Waals surface area (Å²) in [6, 6.07) is 17.4. The molecule has 36 heavy (non-hydrogen) atoms. The predicted molar refractivity (Wildman–Crippen MR) is 136 cm³/mol. The number of Topliss-reactive ketones (excluding diaryl/α,β-unsaturated/α-hetero) is 1. The van der Waals surface area contributed by atoms with Crippen LogP contribution in [0.5, 0.6) is 5.75 Å². The second-order valence-corrected chi connectivity index (χ2v) is 9.52. The van der Waals surface area contributed by atoms with Crippen LogP contribution in [-0.2, 0) is 16.2 Å². The normalized spacial score (nSPS) is 16.9. The average molecular weight is 499 g/mol. The van der Waals surface area contributed by atoms with Gasteiger partial charge in [0.1, 0.15) is 23.1 Å². The van der Waals surface area contributed by atoms with Crippen LogP contribution < -0.4 is 9.64 Å². The number of aliphatic hydroxyl groups excluding tert-OH is 1. The molecule has 1 fully saturated rings. The maximum absolute atomic E-state index is 13.2. The van der Waals surface area contributed by atoms with E-state index in [0.29, 0.717) is 28.5 Å². The van der Waals surface area contributed by atoms with E-state index in [-0.39, 0.29) is 16.5 Å². The number of ether oxygens (including phenoxy) is 1. The first kappa shape index (κ1) is 23.4. The van der Waals surface area contributed by atoms with Crippen molar-refractivity contribution in [2.75, 3.05) is 4.90 Å². The largest absolute Gasteiger partial charge is 0.507 e. The molecule has 2 aromatic carbocycles. The van der Waals surface area contributed by atoms with Crippen LogP contribution >= 0.6 is 11.3 Å². The van der Waals surface area contributed by atoms with Crippen LogP contribution in [0.3, 0.4) is 0 Å². The molecule has 1 aliphatic rings. The number of aliphatic hydroxyl groups is 1. The topological polar surface area (TPSA) is 106 Å². The summed E-state index contributed by atoms with van der Waals surface area (Å²) in [5, 5.41) is 20.2. The van der Waals surface area contributed by atoms with Gasteiger partial charge in [0.25, 0.3) is 5.78 Å². The van der Waals surface area contributed by atoms with Crippen molar-refractivity contribution < 1.29 is 19.4 Å². The quantitative estimate of drug-likeness (QED) is 0.232. The van der Waals surface area contributed by atoms with Crippen LogP contribution in [0.4, 0.5) is 5.13 Å². The predicted octanol–water partition coefficient (Wildman–Crippen LogP) is 4.76. The molecule has 4 aromatic rings. The van der Waals surface area contributed by atoms with Gasteiger partial charge in [-0.25, -0.2) is 0 Å². The minimum atomic E-state index is -0.886. The molecule has 1 amide bonds. The van der Waals surface area contributed by atoms with Gasteiger partial charge in [-0.05, 0) is 55.3 Å². The second kappa shape index (κ2) is 9.71. The van der Waals surface area contributed by atoms with Gasteiger partial charge in [0.05, 0.1) is 11.6 Å². The SMILES string of the molecule is Cc1cccc(COc2ccc(/C(O)=C3\C(=O)C(=O)N(c4nnc(C)s4)[C@@H]3c3cccnc3)cc2)c1. The van der Waals surface area contributed by atoms with Gasteiger partial charge in [-0.1, -0.05) is 47.2 Å². The highest BCUT2D eigenvalue weighted by Crippen LogP contribution is 2.42. The van der Waals surface area contributed by atoms with Gasteiger partial charge in [0.15, 0.2) is 0 Å². The van der Waals surface area contributed by atoms with E-state index < -0.39 is 17.7 Å². The fourth-order valence-corrected chi connectivity index (χ4v) is 4.81. The van der Waals surface area contributed by atoms with Gasteiger partial charge >= 0.3 is 5.91 Å². The Morgan fingerprint density at radius 1 is 1.06 bits per heavy atom. The molecule has 0 radical (unpaired) electrons. The Morgan fingerprint density at radius 3 is 2.53 bits per heavy atom. The molecule has 8 nitrogen and oxygen atoms in total. The Labute approximate surface area is 211 Å². The molecular formula is C27H22N4O4S. The highest BCUT2D eigenvalue weighted by molar-refractivity contribution is 7.15. The lowest BCUT2D eigenvalue weighted by atomic mass is 9.96. The number of hydrogen-bond acceptors (Lipinski definition) is 8. The molecule has 0 saturated carbocycles. The number of hydrogen-bond donors (Lipinski definition) is 1. The minimum absolute atomic E-state index is 0.0331. The number of aromatic nitrogens is 3. The summed E-state index contributed by atoms with van der Waals surface area (Å²) in [6.07, 6.45) is 3.16. The van der Waals surface area contributed by atoms with Gasteiger partial charge in [-0.15, -0.1) is 10.2 Å². The Bertz CT molecular complexity index is 1460. The van der Waals surface area contributed by atoms with Crippen LogP contribution in [0.2, 0.25) is 0 Å². The Hall–Kier alpha value is -4.37. The smallest absolute Gasteiger partial charge is 0.301 e. The fraction of sp³-hybridized carbons (Fsp3) is 0.148. The average Bonchev–Trinajstić information content (AvgIpc) is 3.43. The van der Waals surface area contributed by atoms with E-state index >= 15 is 0 Å². The first-order valence-corrected chi connectivity index (χ1v) is 12.0. The van der Waals surface area contributed by atoms with Gasteiger partial charge < -0.3 is 9.84 Å². The van der Waals surface area contributed by atoms with E-state index in [2.05, 4.69) is 21.2 Å². The van der Waals surface area contributed by atoms with Crippen molar-refractivity contribution in [1.82, 2.24) is 15.2 Å². The van der Waals surface area contributed by atoms with E-state index in [1.165, 1.54) is 16.2 Å². The summed E-state index contributed by atoms with van der Waals surface area (Å²) in [5.41, 5.74) is 3.13. The summed E-state index contributed by atoms with van der Waals surface area (Å²) in [7, 11) is 0. The van der Waals surface area contributed by atoms with E-state index in [1.54, 1.807) is 55.7 Å². The molecule has 9 heteroatoms. The molecule has 2 aromatic heterocycles. The monoisotopic (exact) mass is 498 g/mol. The van der Waals surface area contributed by atoms with Gasteiger partial charge in [-0.3, -0.25) is 19.5 Å². The van der Waals surface area contributed by atoms with Crippen molar-refractivity contribution in [3.05, 3.63) is 106 Å². The van der Waals surface area contributed by atoms with Crippen molar-refractivity contribution in [2.45, 2.75) is 26.5 Å². The minimum Gasteiger partial charge on any atom is -0.507 e. The molecule has 1 saturated heterocycles. The number of anilines is 1. The van der Waals surface area contributed by atoms with Gasteiger partial charge in [0, 0.05) is 18.0 Å². The Kier molecular flexibility index (Phi) is 6.30. The van der Waals surface area contributed by atoms with Crippen molar-refractivity contribution >= 4 is 33.9 Å². The number of pyridine rings is 1. The number of ketones is 1. The highest BCUT2D eigenvalue weighted by Gasteiger charge is 2.48. The second-order valence-electron chi connectivity index (χ2n) is 8.36. The number of carbonyl (C=O) groups excluding carboxylic acids is 2. The van der Waals surface area contributed by atoms with Crippen molar-refractivity contribution in [3.8, 4) is 5.75 Å². The summed E-state index contributed by atoms with van der Waals surface area (Å²) in [4.78, 5) is 31.6. The fourth-order valence-electron chi connectivity index (χ4n) is 4.10. The third-order valence-electron chi connectivity index (χ3n) is 5.78. The number of carbonyl (C=O) groups is 2. The molecule has 1 atom stereocenters. The summed E-state index contributed by atoms with van der Waals surface area (Å²) < 4.78 is 5.86. The molecule has 0 bridgehead atoms. The lowest BCUT2D eigenvalue weighted by Crippen LogP contribution is -2.29. The summed E-state index contributed by atoms with van der Waals surface area (Å²) in [6.45, 7) is 4.19. The molecule has 180 valence electrons. The van der Waals surface area contributed by atoms with E-state index in [1.807, 2.05) is 25.1 Å². The summed E-state index contributed by atoms with van der Waals surface area (Å²) >= 11 is 1.19. The third kappa shape index (κ3) is 4.48. The van der Waals surface area contributed by atoms with Crippen LogP contribution in [-0.4, -0.2) is 32.0 Å². The molecule has 1 aliphatic heterocycles.